The summed E-state index contributed by atoms with van der Waals surface area (Å²) in [6.45, 7) is 6.86. The number of ether oxygens (including phenoxy) is 3. The van der Waals surface area contributed by atoms with Crippen LogP contribution in [0.1, 0.15) is 40.8 Å². The third kappa shape index (κ3) is 2.73. The molecule has 0 aromatic heterocycles. The molecule has 0 saturated carbocycles. The van der Waals surface area contributed by atoms with E-state index in [0.29, 0.717) is 12.6 Å². The lowest BCUT2D eigenvalue weighted by atomic mass is 9.83. The highest BCUT2D eigenvalue weighted by molar-refractivity contribution is 5.53. The zero-order chi connectivity index (χ0) is 18.3. The lowest BCUT2D eigenvalue weighted by Gasteiger charge is -2.42. The van der Waals surface area contributed by atoms with Gasteiger partial charge in [-0.1, -0.05) is 12.1 Å². The summed E-state index contributed by atoms with van der Waals surface area (Å²) in [5.74, 6) is 2.72. The van der Waals surface area contributed by atoms with Crippen molar-refractivity contribution in [2.75, 3.05) is 27.4 Å². The van der Waals surface area contributed by atoms with Crippen molar-refractivity contribution in [1.29, 1.82) is 0 Å². The van der Waals surface area contributed by atoms with Crippen LogP contribution in [0, 0.1) is 6.92 Å². The van der Waals surface area contributed by atoms with E-state index in [1.807, 2.05) is 13.0 Å². The molecule has 2 aliphatic rings. The van der Waals surface area contributed by atoms with Gasteiger partial charge in [0.25, 0.3) is 0 Å². The van der Waals surface area contributed by atoms with Gasteiger partial charge in [0, 0.05) is 24.7 Å². The van der Waals surface area contributed by atoms with Crippen LogP contribution in [0.4, 0.5) is 0 Å². The fourth-order valence-electron chi connectivity index (χ4n) is 4.45. The quantitative estimate of drug-likeness (QED) is 0.829. The van der Waals surface area contributed by atoms with Crippen LogP contribution in [0.5, 0.6) is 17.2 Å². The van der Waals surface area contributed by atoms with Crippen LogP contribution in [0.25, 0.3) is 0 Å². The van der Waals surface area contributed by atoms with Gasteiger partial charge in [0.2, 0.25) is 0 Å². The number of hydrogen-bond acceptors (Lipinski definition) is 4. The minimum Gasteiger partial charge on any atom is -0.494 e. The Kier molecular flexibility index (Phi) is 4.53. The molecule has 2 aromatic carbocycles. The predicted octanol–water partition coefficient (Wildman–Crippen LogP) is 4.07. The lowest BCUT2D eigenvalue weighted by molar-refractivity contribution is 0.157. The number of aryl methyl sites for hydroxylation is 1. The summed E-state index contributed by atoms with van der Waals surface area (Å²) in [4.78, 5) is 2.57. The van der Waals surface area contributed by atoms with Crippen LogP contribution in [0.15, 0.2) is 24.3 Å². The van der Waals surface area contributed by atoms with Crippen molar-refractivity contribution in [3.63, 3.8) is 0 Å². The van der Waals surface area contributed by atoms with Gasteiger partial charge in [-0.25, -0.2) is 0 Å². The molecule has 0 N–H and O–H groups in total. The second-order valence-electron chi connectivity index (χ2n) is 7.13. The van der Waals surface area contributed by atoms with E-state index >= 15 is 0 Å². The zero-order valence-electron chi connectivity index (χ0n) is 16.1. The van der Waals surface area contributed by atoms with Crippen LogP contribution in [-0.4, -0.2) is 32.3 Å². The van der Waals surface area contributed by atoms with E-state index in [2.05, 4.69) is 30.0 Å². The number of hydrogen-bond donors (Lipinski definition) is 0. The van der Waals surface area contributed by atoms with E-state index < -0.39 is 0 Å². The van der Waals surface area contributed by atoms with Gasteiger partial charge < -0.3 is 14.2 Å². The molecule has 0 spiro atoms. The van der Waals surface area contributed by atoms with E-state index in [9.17, 15) is 0 Å². The Morgan fingerprint density at radius 3 is 2.65 bits per heavy atom. The number of nitrogens with zero attached hydrogens (tertiary/aromatic N) is 1. The molecule has 26 heavy (non-hydrogen) atoms. The number of fused-ring (bicyclic) bond motifs is 4. The Morgan fingerprint density at radius 1 is 1.08 bits per heavy atom. The predicted molar refractivity (Wildman–Crippen MR) is 102 cm³/mol. The van der Waals surface area contributed by atoms with Gasteiger partial charge in [-0.05, 0) is 61.1 Å². The molecule has 4 nitrogen and oxygen atoms in total. The Morgan fingerprint density at radius 2 is 1.92 bits per heavy atom. The molecule has 2 aliphatic heterocycles. The molecule has 4 heteroatoms. The van der Waals surface area contributed by atoms with E-state index in [4.69, 9.17) is 14.2 Å². The Bertz CT molecular complexity index is 831. The van der Waals surface area contributed by atoms with Gasteiger partial charge in [0.15, 0.2) is 11.5 Å². The Balaban J connectivity index is 1.75. The summed E-state index contributed by atoms with van der Waals surface area (Å²) in [6.07, 6.45) is 2.08. The summed E-state index contributed by atoms with van der Waals surface area (Å²) in [7, 11) is 3.43. The van der Waals surface area contributed by atoms with Gasteiger partial charge >= 0.3 is 0 Å². The standard InChI is InChI=1S/C22H27NO3/c1-5-26-21-12-17-16(10-14(21)2)8-9-23-13-18-15(11-19(17)23)6-7-20(24-3)22(18)25-4/h6-7,10,12,19H,5,8-9,11,13H2,1-4H3. The monoisotopic (exact) mass is 353 g/mol. The minimum absolute atomic E-state index is 0.407. The van der Waals surface area contributed by atoms with Crippen LogP contribution in [-0.2, 0) is 19.4 Å². The van der Waals surface area contributed by atoms with Gasteiger partial charge in [-0.2, -0.15) is 0 Å². The van der Waals surface area contributed by atoms with Crippen molar-refractivity contribution >= 4 is 0 Å². The molecule has 1 unspecified atom stereocenters. The largest absolute Gasteiger partial charge is 0.494 e. The topological polar surface area (TPSA) is 30.9 Å². The van der Waals surface area contributed by atoms with E-state index in [0.717, 1.165) is 43.2 Å². The molecule has 1 atom stereocenters. The fourth-order valence-corrected chi connectivity index (χ4v) is 4.45. The highest BCUT2D eigenvalue weighted by Gasteiger charge is 2.34. The third-order valence-corrected chi connectivity index (χ3v) is 5.72. The van der Waals surface area contributed by atoms with Gasteiger partial charge in [-0.15, -0.1) is 0 Å². The molecule has 0 saturated heterocycles. The molecular weight excluding hydrogens is 326 g/mol. The molecule has 0 aliphatic carbocycles. The van der Waals surface area contributed by atoms with E-state index in [1.165, 1.54) is 27.8 Å². The third-order valence-electron chi connectivity index (χ3n) is 5.72. The SMILES string of the molecule is CCOc1cc2c(cc1C)CCN1Cc3c(ccc(OC)c3OC)CC21. The molecule has 2 heterocycles. The molecule has 0 amide bonds. The van der Waals surface area contributed by atoms with Crippen molar-refractivity contribution in [1.82, 2.24) is 4.90 Å². The van der Waals surface area contributed by atoms with Crippen molar-refractivity contribution < 1.29 is 14.2 Å². The summed E-state index contributed by atoms with van der Waals surface area (Å²) >= 11 is 0. The van der Waals surface area contributed by atoms with Crippen molar-refractivity contribution in [3.05, 3.63) is 52.1 Å². The summed E-state index contributed by atoms with van der Waals surface area (Å²) in [5.41, 5.74) is 6.75. The molecule has 0 bridgehead atoms. The second kappa shape index (κ2) is 6.84. The van der Waals surface area contributed by atoms with Crippen LogP contribution in [0.3, 0.4) is 0 Å². The van der Waals surface area contributed by atoms with Crippen molar-refractivity contribution in [2.24, 2.45) is 0 Å². The Labute approximate surface area is 155 Å². The molecule has 0 fully saturated rings. The van der Waals surface area contributed by atoms with Crippen molar-refractivity contribution in [2.45, 2.75) is 39.3 Å². The zero-order valence-corrected chi connectivity index (χ0v) is 16.1. The maximum atomic E-state index is 5.86. The van der Waals surface area contributed by atoms with Gasteiger partial charge in [0.1, 0.15) is 5.75 Å². The van der Waals surface area contributed by atoms with Gasteiger partial charge in [0.05, 0.1) is 20.8 Å². The average Bonchev–Trinajstić information content (AvgIpc) is 2.66. The fraction of sp³-hybridized carbons (Fsp3) is 0.455. The molecule has 138 valence electrons. The number of methoxy groups -OCH3 is 2. The maximum absolute atomic E-state index is 5.86. The first-order valence-electron chi connectivity index (χ1n) is 9.39. The normalized spacial score (nSPS) is 18.5. The highest BCUT2D eigenvalue weighted by Crippen LogP contribution is 2.44. The summed E-state index contributed by atoms with van der Waals surface area (Å²) in [5, 5.41) is 0. The molecular formula is C22H27NO3. The van der Waals surface area contributed by atoms with Crippen LogP contribution >= 0.6 is 0 Å². The Hall–Kier alpha value is -2.20. The lowest BCUT2D eigenvalue weighted by Crippen LogP contribution is -2.39. The minimum atomic E-state index is 0.407. The first-order chi connectivity index (χ1) is 12.7. The molecule has 4 rings (SSSR count). The van der Waals surface area contributed by atoms with Gasteiger partial charge in [-0.3, -0.25) is 4.90 Å². The highest BCUT2D eigenvalue weighted by atomic mass is 16.5. The summed E-state index contributed by atoms with van der Waals surface area (Å²) < 4.78 is 17.0. The maximum Gasteiger partial charge on any atom is 0.165 e. The summed E-state index contributed by atoms with van der Waals surface area (Å²) in [6, 6.07) is 9.22. The second-order valence-corrected chi connectivity index (χ2v) is 7.13. The average molecular weight is 353 g/mol. The van der Waals surface area contributed by atoms with E-state index in [-0.39, 0.29) is 0 Å². The van der Waals surface area contributed by atoms with E-state index in [1.54, 1.807) is 14.2 Å². The molecule has 2 aromatic rings. The molecule has 0 radical (unpaired) electrons. The first-order valence-corrected chi connectivity index (χ1v) is 9.39. The number of rotatable bonds is 4. The number of benzene rings is 2. The van der Waals surface area contributed by atoms with Crippen LogP contribution in [0.2, 0.25) is 0 Å². The first kappa shape index (κ1) is 17.2. The smallest absolute Gasteiger partial charge is 0.165 e. The van der Waals surface area contributed by atoms with Crippen LogP contribution < -0.4 is 14.2 Å². The van der Waals surface area contributed by atoms with Crippen molar-refractivity contribution in [3.8, 4) is 17.2 Å².